The van der Waals surface area contributed by atoms with Gasteiger partial charge in [-0.05, 0) is 41.5 Å². The maximum atomic E-state index is 11.4. The van der Waals surface area contributed by atoms with Gasteiger partial charge in [0, 0.05) is 42.8 Å². The molecule has 0 bridgehead atoms. The van der Waals surface area contributed by atoms with E-state index < -0.39 is 46.6 Å². The van der Waals surface area contributed by atoms with Crippen molar-refractivity contribution in [3.05, 3.63) is 23.3 Å². The van der Waals surface area contributed by atoms with E-state index in [4.69, 9.17) is 10.2 Å². The van der Waals surface area contributed by atoms with E-state index in [2.05, 4.69) is 0 Å². The fraction of sp³-hybridized carbons (Fsp3) is 0.444. The van der Waals surface area contributed by atoms with E-state index in [1.54, 1.807) is 0 Å². The number of hydrogen-bond donors (Lipinski definition) is 2. The first-order valence-corrected chi connectivity index (χ1v) is 8.17. The molecule has 10 nitrogen and oxygen atoms in total. The summed E-state index contributed by atoms with van der Waals surface area (Å²) in [6.45, 7) is 8.24. The third-order valence-corrected chi connectivity index (χ3v) is 4.37. The van der Waals surface area contributed by atoms with Crippen molar-refractivity contribution in [2.24, 2.45) is 0 Å². The first kappa shape index (κ1) is 26.3. The van der Waals surface area contributed by atoms with Gasteiger partial charge in [-0.2, -0.15) is 0 Å². The SMILES string of the molecule is CC1=CC(=O)N(C(C)(C)C(=O)O)C1=O.CC1=CC(=O)N(C(C)(C)C(=O)O)C1=O.[Zn]. The molecule has 0 atom stereocenters. The van der Waals surface area contributed by atoms with E-state index >= 15 is 0 Å². The second-order valence-electron chi connectivity index (χ2n) is 7.34. The molecule has 2 rings (SSSR count). The molecule has 2 aliphatic heterocycles. The van der Waals surface area contributed by atoms with Gasteiger partial charge in [-0.1, -0.05) is 0 Å². The van der Waals surface area contributed by atoms with E-state index in [0.717, 1.165) is 22.0 Å². The smallest absolute Gasteiger partial charge is 0.329 e. The van der Waals surface area contributed by atoms with Crippen LogP contribution in [0.2, 0.25) is 0 Å². The number of carboxylic acids is 2. The molecule has 0 unspecified atom stereocenters. The van der Waals surface area contributed by atoms with Crippen molar-refractivity contribution in [2.75, 3.05) is 0 Å². The molecule has 2 aliphatic rings. The number of amides is 4. The zero-order chi connectivity index (χ0) is 22.2. The summed E-state index contributed by atoms with van der Waals surface area (Å²) in [5.41, 5.74) is -2.46. The second-order valence-corrected chi connectivity index (χ2v) is 7.34. The molecule has 0 aromatic rings. The molecule has 154 valence electrons. The first-order chi connectivity index (χ1) is 12.6. The number of aliphatic carboxylic acids is 2. The van der Waals surface area contributed by atoms with Crippen molar-refractivity contribution in [1.82, 2.24) is 9.80 Å². The molecule has 2 heterocycles. The third kappa shape index (κ3) is 4.84. The summed E-state index contributed by atoms with van der Waals surface area (Å²) in [5.74, 6) is -4.63. The standard InChI is InChI=1S/2C9H11NO4.Zn/c2*1-5-4-6(11)10(7(5)12)9(2,3)8(13)14;/h2*4H,1-3H3,(H,13,14);. The van der Waals surface area contributed by atoms with Crippen LogP contribution in [-0.2, 0) is 48.2 Å². The van der Waals surface area contributed by atoms with Gasteiger partial charge in [0.2, 0.25) is 0 Å². The summed E-state index contributed by atoms with van der Waals surface area (Å²) < 4.78 is 0. The van der Waals surface area contributed by atoms with Crippen molar-refractivity contribution in [3.8, 4) is 0 Å². The van der Waals surface area contributed by atoms with E-state index in [1.165, 1.54) is 41.5 Å². The maximum Gasteiger partial charge on any atom is 0.329 e. The van der Waals surface area contributed by atoms with Crippen LogP contribution in [0.1, 0.15) is 41.5 Å². The Morgan fingerprint density at radius 1 is 0.724 bits per heavy atom. The number of nitrogens with zero attached hydrogens (tertiary/aromatic N) is 2. The fourth-order valence-electron chi connectivity index (χ4n) is 2.43. The van der Waals surface area contributed by atoms with E-state index in [0.29, 0.717) is 0 Å². The molecule has 0 aromatic carbocycles. The summed E-state index contributed by atoms with van der Waals surface area (Å²) >= 11 is 0. The van der Waals surface area contributed by atoms with Gasteiger partial charge in [0.25, 0.3) is 23.6 Å². The Hall–Kier alpha value is -2.68. The average Bonchev–Trinajstić information content (AvgIpc) is 2.94. The first-order valence-electron chi connectivity index (χ1n) is 8.17. The molecule has 29 heavy (non-hydrogen) atoms. The van der Waals surface area contributed by atoms with Crippen LogP contribution in [0.3, 0.4) is 0 Å². The van der Waals surface area contributed by atoms with Gasteiger partial charge in [0.15, 0.2) is 0 Å². The minimum atomic E-state index is -1.50. The molecule has 2 N–H and O–H groups in total. The normalized spacial score (nSPS) is 16.8. The predicted molar refractivity (Wildman–Crippen MR) is 94.6 cm³/mol. The number of carbonyl (C=O) groups is 6. The summed E-state index contributed by atoms with van der Waals surface area (Å²) in [4.78, 5) is 68.7. The zero-order valence-electron chi connectivity index (χ0n) is 17.1. The predicted octanol–water partition coefficient (Wildman–Crippen LogP) is 0.327. The van der Waals surface area contributed by atoms with Crippen molar-refractivity contribution < 1.29 is 58.5 Å². The molecule has 0 fully saturated rings. The van der Waals surface area contributed by atoms with Gasteiger partial charge in [0.05, 0.1) is 0 Å². The summed E-state index contributed by atoms with van der Waals surface area (Å²) in [5, 5.41) is 17.7. The van der Waals surface area contributed by atoms with Crippen LogP contribution in [0.5, 0.6) is 0 Å². The Bertz CT molecular complexity index is 784. The topological polar surface area (TPSA) is 149 Å². The molecule has 0 aromatic heterocycles. The van der Waals surface area contributed by atoms with Crippen LogP contribution < -0.4 is 0 Å². The second kappa shape index (κ2) is 8.77. The van der Waals surface area contributed by atoms with Crippen LogP contribution in [0.25, 0.3) is 0 Å². The van der Waals surface area contributed by atoms with E-state index in [9.17, 15) is 28.8 Å². The quantitative estimate of drug-likeness (QED) is 0.451. The number of imide groups is 2. The minimum absolute atomic E-state index is 0. The van der Waals surface area contributed by atoms with Crippen molar-refractivity contribution in [2.45, 2.75) is 52.6 Å². The molecule has 0 saturated heterocycles. The maximum absolute atomic E-state index is 11.4. The number of carboxylic acid groups (broad SMARTS) is 2. The molecule has 11 heteroatoms. The number of hydrogen-bond acceptors (Lipinski definition) is 6. The average molecular weight is 460 g/mol. The Morgan fingerprint density at radius 3 is 1.10 bits per heavy atom. The Kier molecular flexibility index (Phi) is 7.96. The van der Waals surface area contributed by atoms with Gasteiger partial charge in [-0.3, -0.25) is 29.0 Å². The van der Waals surface area contributed by atoms with E-state index in [-0.39, 0.29) is 30.6 Å². The molecule has 0 saturated carbocycles. The summed E-state index contributed by atoms with van der Waals surface area (Å²) in [7, 11) is 0. The molecule has 0 aliphatic carbocycles. The Morgan fingerprint density at radius 2 is 0.966 bits per heavy atom. The van der Waals surface area contributed by atoms with Gasteiger partial charge in [0.1, 0.15) is 11.1 Å². The van der Waals surface area contributed by atoms with Gasteiger partial charge in [-0.25, -0.2) is 9.59 Å². The van der Waals surface area contributed by atoms with E-state index in [1.807, 2.05) is 0 Å². The Labute approximate surface area is 180 Å². The van der Waals surface area contributed by atoms with Crippen LogP contribution >= 0.6 is 0 Å². The molecular weight excluding hydrogens is 438 g/mol. The molecule has 0 spiro atoms. The third-order valence-electron chi connectivity index (χ3n) is 4.37. The van der Waals surface area contributed by atoms with Gasteiger partial charge in [-0.15, -0.1) is 0 Å². The summed E-state index contributed by atoms with van der Waals surface area (Å²) in [6.07, 6.45) is 2.29. The van der Waals surface area contributed by atoms with Crippen molar-refractivity contribution in [1.29, 1.82) is 0 Å². The Balaban J connectivity index is 0.000000523. The van der Waals surface area contributed by atoms with Crippen LogP contribution in [-0.4, -0.2) is 66.7 Å². The van der Waals surface area contributed by atoms with Gasteiger partial charge >= 0.3 is 11.9 Å². The largest absolute Gasteiger partial charge is 0.480 e. The van der Waals surface area contributed by atoms with Crippen LogP contribution in [0, 0.1) is 0 Å². The minimum Gasteiger partial charge on any atom is -0.480 e. The molecular formula is C18H22N2O8Zn. The monoisotopic (exact) mass is 458 g/mol. The summed E-state index contributed by atoms with van der Waals surface area (Å²) in [6, 6.07) is 0. The van der Waals surface area contributed by atoms with Crippen LogP contribution in [0.4, 0.5) is 0 Å². The number of carbonyl (C=O) groups excluding carboxylic acids is 4. The fourth-order valence-corrected chi connectivity index (χ4v) is 2.43. The zero-order valence-corrected chi connectivity index (χ0v) is 20.1. The van der Waals surface area contributed by atoms with Crippen molar-refractivity contribution in [3.63, 3.8) is 0 Å². The van der Waals surface area contributed by atoms with Gasteiger partial charge < -0.3 is 10.2 Å². The number of rotatable bonds is 4. The molecule has 0 radical (unpaired) electrons. The van der Waals surface area contributed by atoms with Crippen LogP contribution in [0.15, 0.2) is 23.3 Å². The molecule has 4 amide bonds. The van der Waals surface area contributed by atoms with Crippen molar-refractivity contribution >= 4 is 35.6 Å².